The van der Waals surface area contributed by atoms with Crippen molar-refractivity contribution in [3.05, 3.63) is 34.9 Å². The first kappa shape index (κ1) is 15.8. The van der Waals surface area contributed by atoms with Crippen LogP contribution in [0.5, 0.6) is 0 Å². The van der Waals surface area contributed by atoms with Crippen molar-refractivity contribution in [1.29, 1.82) is 0 Å². The minimum Gasteiger partial charge on any atom is -0.329 e. The van der Waals surface area contributed by atoms with Crippen molar-refractivity contribution < 1.29 is 0 Å². The summed E-state index contributed by atoms with van der Waals surface area (Å²) in [6.07, 6.45) is 6.67. The Balaban J connectivity index is 2.02. The lowest BCUT2D eigenvalue weighted by atomic mass is 9.83. The van der Waals surface area contributed by atoms with Crippen molar-refractivity contribution in [3.8, 4) is 0 Å². The van der Waals surface area contributed by atoms with Crippen LogP contribution in [0.2, 0.25) is 5.02 Å². The standard InChI is InChI=1S/C17H27ClN2/c1-3-13-4-10-16(11-5-13)20(2)17(12-19)14-6-8-15(18)9-7-14/h6-9,13,16-17H,3-5,10-12,19H2,1-2H3. The number of benzene rings is 1. The van der Waals surface area contributed by atoms with Crippen LogP contribution >= 0.6 is 11.6 Å². The Bertz CT molecular complexity index is 396. The highest BCUT2D eigenvalue weighted by atomic mass is 35.5. The van der Waals surface area contributed by atoms with Crippen LogP contribution in [0.4, 0.5) is 0 Å². The molecule has 0 radical (unpaired) electrons. The molecule has 1 fully saturated rings. The third-order valence-electron chi connectivity index (χ3n) is 4.94. The lowest BCUT2D eigenvalue weighted by molar-refractivity contribution is 0.122. The normalized spacial score (nSPS) is 24.9. The number of likely N-dealkylation sites (N-methyl/N-ethyl adjacent to an activating group) is 1. The van der Waals surface area contributed by atoms with Crippen LogP contribution in [-0.2, 0) is 0 Å². The Labute approximate surface area is 128 Å². The largest absolute Gasteiger partial charge is 0.329 e. The Hall–Kier alpha value is -0.570. The first-order valence-electron chi connectivity index (χ1n) is 7.83. The van der Waals surface area contributed by atoms with Crippen LogP contribution in [0.25, 0.3) is 0 Å². The summed E-state index contributed by atoms with van der Waals surface area (Å²) in [5.74, 6) is 0.937. The van der Waals surface area contributed by atoms with E-state index in [2.05, 4.69) is 31.0 Å². The van der Waals surface area contributed by atoms with E-state index in [0.717, 1.165) is 10.9 Å². The zero-order chi connectivity index (χ0) is 14.5. The highest BCUT2D eigenvalue weighted by molar-refractivity contribution is 6.30. The maximum absolute atomic E-state index is 6.03. The summed E-state index contributed by atoms with van der Waals surface area (Å²) in [5.41, 5.74) is 7.30. The second-order valence-corrected chi connectivity index (χ2v) is 6.49. The number of halogens is 1. The third kappa shape index (κ3) is 3.75. The maximum atomic E-state index is 6.03. The van der Waals surface area contributed by atoms with Crippen molar-refractivity contribution in [2.24, 2.45) is 11.7 Å². The predicted molar refractivity (Wildman–Crippen MR) is 87.0 cm³/mol. The lowest BCUT2D eigenvalue weighted by Crippen LogP contribution is -2.40. The SMILES string of the molecule is CCC1CCC(N(C)C(CN)c2ccc(Cl)cc2)CC1. The van der Waals surface area contributed by atoms with E-state index in [1.54, 1.807) is 0 Å². The summed E-state index contributed by atoms with van der Waals surface area (Å²) in [7, 11) is 2.23. The Morgan fingerprint density at radius 2 is 1.80 bits per heavy atom. The molecule has 0 aliphatic heterocycles. The Morgan fingerprint density at radius 3 is 2.30 bits per heavy atom. The van der Waals surface area contributed by atoms with E-state index in [0.29, 0.717) is 18.6 Å². The summed E-state index contributed by atoms with van der Waals surface area (Å²) >= 11 is 5.97. The smallest absolute Gasteiger partial charge is 0.0470 e. The quantitative estimate of drug-likeness (QED) is 0.880. The van der Waals surface area contributed by atoms with E-state index in [4.69, 9.17) is 17.3 Å². The van der Waals surface area contributed by atoms with Gasteiger partial charge in [-0.3, -0.25) is 4.90 Å². The van der Waals surface area contributed by atoms with Crippen LogP contribution in [0.3, 0.4) is 0 Å². The number of nitrogens with zero attached hydrogens (tertiary/aromatic N) is 1. The molecule has 0 heterocycles. The third-order valence-corrected chi connectivity index (χ3v) is 5.19. The second-order valence-electron chi connectivity index (χ2n) is 6.05. The second kappa shape index (κ2) is 7.44. The van der Waals surface area contributed by atoms with E-state index >= 15 is 0 Å². The Morgan fingerprint density at radius 1 is 1.20 bits per heavy atom. The predicted octanol–water partition coefficient (Wildman–Crippen LogP) is 4.24. The topological polar surface area (TPSA) is 29.3 Å². The molecule has 0 aromatic heterocycles. The van der Waals surface area contributed by atoms with Crippen LogP contribution in [0.1, 0.15) is 50.6 Å². The molecule has 1 aliphatic carbocycles. The lowest BCUT2D eigenvalue weighted by Gasteiger charge is -2.39. The zero-order valence-corrected chi connectivity index (χ0v) is 13.4. The average molecular weight is 295 g/mol. The highest BCUT2D eigenvalue weighted by Crippen LogP contribution is 2.32. The minimum atomic E-state index is 0.301. The first-order chi connectivity index (χ1) is 9.65. The number of rotatable bonds is 5. The number of hydrogen-bond donors (Lipinski definition) is 1. The van der Waals surface area contributed by atoms with Gasteiger partial charge in [0.15, 0.2) is 0 Å². The van der Waals surface area contributed by atoms with Crippen LogP contribution in [0.15, 0.2) is 24.3 Å². The summed E-state index contributed by atoms with van der Waals surface area (Å²) in [6, 6.07) is 9.10. The van der Waals surface area contributed by atoms with Gasteiger partial charge in [-0.05, 0) is 56.3 Å². The molecule has 1 aromatic rings. The summed E-state index contributed by atoms with van der Waals surface area (Å²) in [6.45, 7) is 2.97. The number of nitrogens with two attached hydrogens (primary N) is 1. The highest BCUT2D eigenvalue weighted by Gasteiger charge is 2.27. The van der Waals surface area contributed by atoms with Gasteiger partial charge in [-0.1, -0.05) is 37.1 Å². The molecule has 112 valence electrons. The molecule has 2 nitrogen and oxygen atoms in total. The van der Waals surface area contributed by atoms with Crippen molar-refractivity contribution in [1.82, 2.24) is 4.90 Å². The molecule has 0 amide bonds. The molecule has 3 heteroatoms. The average Bonchev–Trinajstić information content (AvgIpc) is 2.50. The molecular formula is C17H27ClN2. The van der Waals surface area contributed by atoms with Crippen molar-refractivity contribution >= 4 is 11.6 Å². The van der Waals surface area contributed by atoms with Gasteiger partial charge < -0.3 is 5.73 Å². The van der Waals surface area contributed by atoms with Gasteiger partial charge in [0.25, 0.3) is 0 Å². The van der Waals surface area contributed by atoms with Crippen molar-refractivity contribution in [3.63, 3.8) is 0 Å². The zero-order valence-electron chi connectivity index (χ0n) is 12.7. The molecule has 2 N–H and O–H groups in total. The summed E-state index contributed by atoms with van der Waals surface area (Å²) in [5, 5.41) is 0.788. The number of hydrogen-bond acceptors (Lipinski definition) is 2. The van der Waals surface area contributed by atoms with Gasteiger partial charge in [0.05, 0.1) is 0 Å². The van der Waals surface area contributed by atoms with E-state index in [1.807, 2.05) is 12.1 Å². The fourth-order valence-corrected chi connectivity index (χ4v) is 3.56. The molecule has 20 heavy (non-hydrogen) atoms. The molecule has 1 aromatic carbocycles. The van der Waals surface area contributed by atoms with E-state index in [9.17, 15) is 0 Å². The molecular weight excluding hydrogens is 268 g/mol. The van der Waals surface area contributed by atoms with Gasteiger partial charge in [0, 0.05) is 23.7 Å². The fraction of sp³-hybridized carbons (Fsp3) is 0.647. The van der Waals surface area contributed by atoms with Gasteiger partial charge in [-0.15, -0.1) is 0 Å². The fourth-order valence-electron chi connectivity index (χ4n) is 3.44. The minimum absolute atomic E-state index is 0.301. The van der Waals surface area contributed by atoms with Gasteiger partial charge in [-0.2, -0.15) is 0 Å². The van der Waals surface area contributed by atoms with Gasteiger partial charge in [-0.25, -0.2) is 0 Å². The first-order valence-corrected chi connectivity index (χ1v) is 8.21. The van der Waals surface area contributed by atoms with E-state index < -0.39 is 0 Å². The molecule has 1 aliphatic rings. The molecule has 1 unspecified atom stereocenters. The van der Waals surface area contributed by atoms with Crippen molar-refractivity contribution in [2.45, 2.75) is 51.1 Å². The Kier molecular flexibility index (Phi) is 5.88. The molecule has 1 atom stereocenters. The van der Waals surface area contributed by atoms with Gasteiger partial charge in [0.2, 0.25) is 0 Å². The van der Waals surface area contributed by atoms with Gasteiger partial charge in [0.1, 0.15) is 0 Å². The maximum Gasteiger partial charge on any atom is 0.0470 e. The molecule has 1 saturated carbocycles. The van der Waals surface area contributed by atoms with Gasteiger partial charge >= 0.3 is 0 Å². The van der Waals surface area contributed by atoms with Crippen LogP contribution in [-0.4, -0.2) is 24.5 Å². The summed E-state index contributed by atoms with van der Waals surface area (Å²) < 4.78 is 0. The molecule has 0 spiro atoms. The monoisotopic (exact) mass is 294 g/mol. The van der Waals surface area contributed by atoms with Crippen LogP contribution < -0.4 is 5.73 Å². The van der Waals surface area contributed by atoms with E-state index in [-0.39, 0.29) is 0 Å². The van der Waals surface area contributed by atoms with Crippen molar-refractivity contribution in [2.75, 3.05) is 13.6 Å². The molecule has 0 bridgehead atoms. The van der Waals surface area contributed by atoms with E-state index in [1.165, 1.54) is 37.7 Å². The van der Waals surface area contributed by atoms with Crippen LogP contribution in [0, 0.1) is 5.92 Å². The molecule has 0 saturated heterocycles. The molecule has 2 rings (SSSR count). The summed E-state index contributed by atoms with van der Waals surface area (Å²) in [4.78, 5) is 2.48.